The van der Waals surface area contributed by atoms with E-state index in [1.807, 2.05) is 27.7 Å². The summed E-state index contributed by atoms with van der Waals surface area (Å²) in [6.45, 7) is 13.8. The van der Waals surface area contributed by atoms with Crippen molar-refractivity contribution in [3.8, 4) is 0 Å². The molecule has 0 heterocycles. The first-order valence-electron chi connectivity index (χ1n) is 12.0. The van der Waals surface area contributed by atoms with E-state index in [-0.39, 0.29) is 49.0 Å². The van der Waals surface area contributed by atoms with Crippen LogP contribution in [0.2, 0.25) is 0 Å². The zero-order chi connectivity index (χ0) is 27.1. The van der Waals surface area contributed by atoms with Crippen molar-refractivity contribution in [1.82, 2.24) is 10.6 Å². The highest BCUT2D eigenvalue weighted by Gasteiger charge is 2.30. The number of rotatable bonds is 15. The normalized spacial score (nSPS) is 14.1. The van der Waals surface area contributed by atoms with Crippen molar-refractivity contribution in [2.45, 2.75) is 112 Å². The third-order valence-electron chi connectivity index (χ3n) is 4.91. The van der Waals surface area contributed by atoms with Crippen LogP contribution in [0.1, 0.15) is 93.4 Å². The molecule has 0 aromatic rings. The number of nitrogens with one attached hydrogen (secondary N) is 2. The van der Waals surface area contributed by atoms with Crippen LogP contribution in [-0.4, -0.2) is 63.8 Å². The van der Waals surface area contributed by atoms with Gasteiger partial charge in [0.15, 0.2) is 0 Å². The molecular weight excluding hydrogens is 442 g/mol. The Bertz CT molecular complexity index is 645. The van der Waals surface area contributed by atoms with E-state index in [9.17, 15) is 29.4 Å². The molecule has 34 heavy (non-hydrogen) atoms. The second-order valence-electron chi connectivity index (χ2n) is 10.4. The van der Waals surface area contributed by atoms with Crippen LogP contribution >= 0.6 is 0 Å². The molecule has 10 nitrogen and oxygen atoms in total. The predicted octanol–water partition coefficient (Wildman–Crippen LogP) is 2.27. The fourth-order valence-electron chi connectivity index (χ4n) is 3.93. The molecule has 0 radical (unpaired) electrons. The van der Waals surface area contributed by atoms with Crippen molar-refractivity contribution >= 4 is 23.8 Å². The van der Waals surface area contributed by atoms with Gasteiger partial charge in [-0.3, -0.25) is 14.4 Å². The molecule has 0 spiro atoms. The van der Waals surface area contributed by atoms with Crippen LogP contribution in [0.25, 0.3) is 0 Å². The number of aliphatic hydroxyl groups is 1. The third kappa shape index (κ3) is 17.3. The average Bonchev–Trinajstić information content (AvgIpc) is 2.68. The summed E-state index contributed by atoms with van der Waals surface area (Å²) in [4.78, 5) is 46.8. The number of carboxylic acids is 2. The summed E-state index contributed by atoms with van der Waals surface area (Å²) in [5.74, 6) is -3.17. The van der Waals surface area contributed by atoms with Gasteiger partial charge in [-0.25, -0.2) is 4.79 Å². The van der Waals surface area contributed by atoms with E-state index >= 15 is 0 Å². The van der Waals surface area contributed by atoms with E-state index in [0.29, 0.717) is 12.8 Å². The quantitative estimate of drug-likeness (QED) is 0.203. The second-order valence-corrected chi connectivity index (χ2v) is 10.4. The fourth-order valence-corrected chi connectivity index (χ4v) is 3.93. The Morgan fingerprint density at radius 3 is 1.85 bits per heavy atom. The number of aliphatic carboxylic acids is 2. The topological polar surface area (TPSA) is 179 Å². The molecule has 3 unspecified atom stereocenters. The van der Waals surface area contributed by atoms with Crippen LogP contribution in [0, 0.1) is 10.8 Å². The number of amides is 2. The molecule has 0 aliphatic rings. The van der Waals surface area contributed by atoms with Crippen LogP contribution in [0.4, 0.5) is 0 Å². The van der Waals surface area contributed by atoms with Gasteiger partial charge in [0, 0.05) is 12.8 Å². The maximum atomic E-state index is 12.4. The van der Waals surface area contributed by atoms with Gasteiger partial charge in [0.2, 0.25) is 11.8 Å². The van der Waals surface area contributed by atoms with Crippen LogP contribution in [0.3, 0.4) is 0 Å². The second kappa shape index (κ2) is 16.4. The van der Waals surface area contributed by atoms with Crippen LogP contribution < -0.4 is 16.4 Å². The number of nitrogens with two attached hydrogens (primary N) is 1. The largest absolute Gasteiger partial charge is 0.480 e. The minimum Gasteiger partial charge on any atom is -0.480 e. The van der Waals surface area contributed by atoms with Gasteiger partial charge < -0.3 is 31.7 Å². The van der Waals surface area contributed by atoms with Crippen molar-refractivity contribution in [3.63, 3.8) is 0 Å². The summed E-state index contributed by atoms with van der Waals surface area (Å²) in [6, 6.07) is -2.78. The monoisotopic (exact) mass is 489 g/mol. The molecule has 0 aromatic carbocycles. The Labute approximate surface area is 204 Å². The Balaban J connectivity index is 0. The number of hydrogen-bond donors (Lipinski definition) is 6. The van der Waals surface area contributed by atoms with E-state index in [1.165, 1.54) is 0 Å². The number of carbonyl (C=O) groups excluding carboxylic acids is 2. The molecule has 0 aliphatic heterocycles. The average molecular weight is 490 g/mol. The first kappa shape index (κ1) is 34.0. The van der Waals surface area contributed by atoms with Crippen LogP contribution in [0.15, 0.2) is 0 Å². The number of carbonyl (C=O) groups is 4. The molecule has 0 saturated carbocycles. The third-order valence-corrected chi connectivity index (χ3v) is 4.91. The van der Waals surface area contributed by atoms with Gasteiger partial charge in [-0.15, -0.1) is 0 Å². The van der Waals surface area contributed by atoms with E-state index in [4.69, 9.17) is 10.8 Å². The summed E-state index contributed by atoms with van der Waals surface area (Å²) < 4.78 is 0. The summed E-state index contributed by atoms with van der Waals surface area (Å²) in [7, 11) is 0. The van der Waals surface area contributed by atoms with Gasteiger partial charge >= 0.3 is 11.9 Å². The van der Waals surface area contributed by atoms with E-state index in [0.717, 1.165) is 6.42 Å². The van der Waals surface area contributed by atoms with Gasteiger partial charge in [-0.2, -0.15) is 0 Å². The molecule has 0 saturated heterocycles. The SMILES string of the molecule is CC.CC(C)(C)CC(C)(C)CC(=O)NC(CCC(=O)NC(CO)CCCC(N)C(=O)O)C(=O)O. The number of hydrogen-bond acceptors (Lipinski definition) is 6. The van der Waals surface area contributed by atoms with E-state index in [2.05, 4.69) is 31.4 Å². The molecule has 10 heteroatoms. The van der Waals surface area contributed by atoms with E-state index in [1.54, 1.807) is 0 Å². The highest BCUT2D eigenvalue weighted by molar-refractivity contribution is 5.84. The highest BCUT2D eigenvalue weighted by atomic mass is 16.4. The molecule has 3 atom stereocenters. The van der Waals surface area contributed by atoms with Crippen molar-refractivity contribution in [2.75, 3.05) is 6.61 Å². The van der Waals surface area contributed by atoms with Gasteiger partial charge in [0.1, 0.15) is 12.1 Å². The van der Waals surface area contributed by atoms with Crippen molar-refractivity contribution in [2.24, 2.45) is 16.6 Å². The zero-order valence-electron chi connectivity index (χ0n) is 21.9. The molecule has 0 aromatic heterocycles. The van der Waals surface area contributed by atoms with Gasteiger partial charge in [0.05, 0.1) is 12.6 Å². The predicted molar refractivity (Wildman–Crippen MR) is 131 cm³/mol. The van der Waals surface area contributed by atoms with Crippen molar-refractivity contribution in [3.05, 3.63) is 0 Å². The van der Waals surface area contributed by atoms with Gasteiger partial charge in [-0.1, -0.05) is 48.5 Å². The lowest BCUT2D eigenvalue weighted by atomic mass is 9.74. The Morgan fingerprint density at radius 2 is 1.41 bits per heavy atom. The minimum absolute atomic E-state index is 0.0238. The summed E-state index contributed by atoms with van der Waals surface area (Å²) in [6.07, 6.45) is 1.67. The highest BCUT2D eigenvalue weighted by Crippen LogP contribution is 2.35. The summed E-state index contributed by atoms with van der Waals surface area (Å²) in [5.41, 5.74) is 5.14. The lowest BCUT2D eigenvalue weighted by Crippen LogP contribution is -2.44. The fraction of sp³-hybridized carbons (Fsp3) is 0.833. The molecule has 7 N–H and O–H groups in total. The van der Waals surface area contributed by atoms with Crippen LogP contribution in [0.5, 0.6) is 0 Å². The van der Waals surface area contributed by atoms with Crippen LogP contribution in [-0.2, 0) is 19.2 Å². The Hall–Kier alpha value is -2.20. The molecule has 0 fully saturated rings. The number of aliphatic hydroxyl groups excluding tert-OH is 1. The lowest BCUT2D eigenvalue weighted by Gasteiger charge is -2.32. The van der Waals surface area contributed by atoms with Crippen molar-refractivity contribution in [1.29, 1.82) is 0 Å². The summed E-state index contributed by atoms with van der Waals surface area (Å²) in [5, 5.41) is 32.7. The van der Waals surface area contributed by atoms with Crippen molar-refractivity contribution < 1.29 is 34.5 Å². The molecule has 2 amide bonds. The van der Waals surface area contributed by atoms with Gasteiger partial charge in [-0.05, 0) is 42.9 Å². The number of carboxylic acid groups (broad SMARTS) is 2. The van der Waals surface area contributed by atoms with Gasteiger partial charge in [0.25, 0.3) is 0 Å². The molecule has 0 rings (SSSR count). The standard InChI is InChI=1S/C22H41N3O7.C2H6/c1-21(2,3)13-22(4,5)11-18(28)25-16(20(31)32)9-10-17(27)24-14(12-26)7-6-8-15(23)19(29)30;1-2/h14-16,26H,6-13,23H2,1-5H3,(H,24,27)(H,25,28)(H,29,30)(H,31,32);1-2H3. The summed E-state index contributed by atoms with van der Waals surface area (Å²) >= 11 is 0. The Morgan fingerprint density at radius 1 is 0.853 bits per heavy atom. The molecular formula is C24H47N3O7. The molecule has 0 aliphatic carbocycles. The first-order valence-corrected chi connectivity index (χ1v) is 12.0. The lowest BCUT2D eigenvalue weighted by molar-refractivity contribution is -0.142. The maximum absolute atomic E-state index is 12.4. The maximum Gasteiger partial charge on any atom is 0.326 e. The molecule has 200 valence electrons. The van der Waals surface area contributed by atoms with E-state index < -0.39 is 36.0 Å². The minimum atomic E-state index is -1.22. The first-order chi connectivity index (χ1) is 15.6. The smallest absolute Gasteiger partial charge is 0.326 e. The Kier molecular flexibility index (Phi) is 16.4. The molecule has 0 bridgehead atoms. The zero-order valence-corrected chi connectivity index (χ0v) is 21.9.